The first-order valence-corrected chi connectivity index (χ1v) is 6.32. The number of rotatable bonds is 1. The Kier molecular flexibility index (Phi) is 2.56. The van der Waals surface area contributed by atoms with Gasteiger partial charge >= 0.3 is 0 Å². The van der Waals surface area contributed by atoms with Crippen molar-refractivity contribution in [3.8, 4) is 0 Å². The summed E-state index contributed by atoms with van der Waals surface area (Å²) in [6, 6.07) is 10.4. The highest BCUT2D eigenvalue weighted by atomic mass is 16.3. The van der Waals surface area contributed by atoms with E-state index in [9.17, 15) is 5.11 Å². The van der Waals surface area contributed by atoms with Crippen LogP contribution in [0.25, 0.3) is 5.57 Å². The molecule has 0 spiro atoms. The Morgan fingerprint density at radius 2 is 1.88 bits per heavy atom. The molecule has 2 aliphatic carbocycles. The van der Waals surface area contributed by atoms with Gasteiger partial charge in [-0.2, -0.15) is 0 Å². The van der Waals surface area contributed by atoms with Gasteiger partial charge < -0.3 is 5.11 Å². The largest absolute Gasteiger partial charge is 0.388 e. The second-order valence-corrected chi connectivity index (χ2v) is 5.00. The molecule has 16 heavy (non-hydrogen) atoms. The highest BCUT2D eigenvalue weighted by Gasteiger charge is 2.33. The average Bonchev–Trinajstić information content (AvgIpc) is 2.66. The van der Waals surface area contributed by atoms with Crippen LogP contribution >= 0.6 is 0 Å². The molecule has 0 heterocycles. The fraction of sp³-hybridized carbons (Fsp3) is 0.467. The zero-order valence-electron chi connectivity index (χ0n) is 9.52. The Morgan fingerprint density at radius 1 is 1.06 bits per heavy atom. The molecule has 0 aliphatic heterocycles. The standard InChI is InChI=1S/C15H18O/c16-14-10-12-8-4-5-9-13(12)15(14)11-6-2-1-3-7-11/h1-3,6-7,12,14,16H,4-5,8-10H2/t12-,14-/m1/s1. The molecule has 1 heteroatoms. The maximum absolute atomic E-state index is 10.2. The lowest BCUT2D eigenvalue weighted by atomic mass is 9.84. The van der Waals surface area contributed by atoms with Gasteiger partial charge in [0, 0.05) is 0 Å². The Labute approximate surface area is 96.8 Å². The van der Waals surface area contributed by atoms with Crippen LogP contribution in [0.4, 0.5) is 0 Å². The molecule has 1 N–H and O–H groups in total. The quantitative estimate of drug-likeness (QED) is 0.759. The molecule has 1 saturated carbocycles. The molecule has 2 aliphatic rings. The minimum absolute atomic E-state index is 0.222. The molecule has 1 nitrogen and oxygen atoms in total. The second-order valence-electron chi connectivity index (χ2n) is 5.00. The molecule has 2 atom stereocenters. The van der Waals surface area contributed by atoms with Gasteiger partial charge in [0.1, 0.15) is 0 Å². The van der Waals surface area contributed by atoms with Gasteiger partial charge in [-0.3, -0.25) is 0 Å². The lowest BCUT2D eigenvalue weighted by Crippen LogP contribution is -2.07. The first-order chi connectivity index (χ1) is 7.86. The van der Waals surface area contributed by atoms with Crippen molar-refractivity contribution < 1.29 is 5.11 Å². The molecule has 1 fully saturated rings. The number of fused-ring (bicyclic) bond motifs is 1. The van der Waals surface area contributed by atoms with Crippen LogP contribution in [-0.2, 0) is 0 Å². The molecule has 0 unspecified atom stereocenters. The maximum atomic E-state index is 10.2. The topological polar surface area (TPSA) is 20.2 Å². The number of allylic oxidation sites excluding steroid dienone is 1. The van der Waals surface area contributed by atoms with Crippen LogP contribution in [0.3, 0.4) is 0 Å². The lowest BCUT2D eigenvalue weighted by molar-refractivity contribution is 0.212. The van der Waals surface area contributed by atoms with Crippen LogP contribution in [-0.4, -0.2) is 11.2 Å². The van der Waals surface area contributed by atoms with Gasteiger partial charge in [-0.05, 0) is 42.7 Å². The van der Waals surface area contributed by atoms with Gasteiger partial charge in [-0.25, -0.2) is 0 Å². The highest BCUT2D eigenvalue weighted by Crippen LogP contribution is 2.45. The van der Waals surface area contributed by atoms with E-state index in [1.54, 1.807) is 5.57 Å². The fourth-order valence-electron chi connectivity index (χ4n) is 3.30. The summed E-state index contributed by atoms with van der Waals surface area (Å²) in [5.74, 6) is 0.666. The number of hydrogen-bond acceptors (Lipinski definition) is 1. The number of aliphatic hydroxyl groups is 1. The van der Waals surface area contributed by atoms with E-state index < -0.39 is 0 Å². The van der Waals surface area contributed by atoms with E-state index in [1.807, 2.05) is 6.07 Å². The van der Waals surface area contributed by atoms with Gasteiger partial charge in [0.2, 0.25) is 0 Å². The molecule has 0 bridgehead atoms. The van der Waals surface area contributed by atoms with Crippen LogP contribution in [0.5, 0.6) is 0 Å². The van der Waals surface area contributed by atoms with Crippen LogP contribution < -0.4 is 0 Å². The van der Waals surface area contributed by atoms with Crippen molar-refractivity contribution in [2.24, 2.45) is 5.92 Å². The average molecular weight is 214 g/mol. The van der Waals surface area contributed by atoms with E-state index in [2.05, 4.69) is 24.3 Å². The molecule has 1 aromatic rings. The number of hydrogen-bond donors (Lipinski definition) is 1. The SMILES string of the molecule is O[C@@H]1C[C@H]2CCCCC2=C1c1ccccc1. The van der Waals surface area contributed by atoms with E-state index in [4.69, 9.17) is 0 Å². The third-order valence-electron chi connectivity index (χ3n) is 4.01. The summed E-state index contributed by atoms with van der Waals surface area (Å²) in [4.78, 5) is 0. The van der Waals surface area contributed by atoms with Gasteiger partial charge in [0.15, 0.2) is 0 Å². The van der Waals surface area contributed by atoms with Crippen molar-refractivity contribution in [3.05, 3.63) is 41.5 Å². The van der Waals surface area contributed by atoms with Crippen LogP contribution in [0, 0.1) is 5.92 Å². The summed E-state index contributed by atoms with van der Waals surface area (Å²) in [7, 11) is 0. The molecule has 84 valence electrons. The first-order valence-electron chi connectivity index (χ1n) is 6.32. The smallest absolute Gasteiger partial charge is 0.0801 e. The van der Waals surface area contributed by atoms with Crippen LogP contribution in [0.1, 0.15) is 37.7 Å². The van der Waals surface area contributed by atoms with Crippen molar-refractivity contribution >= 4 is 5.57 Å². The lowest BCUT2D eigenvalue weighted by Gasteiger charge is -2.20. The van der Waals surface area contributed by atoms with E-state index in [-0.39, 0.29) is 6.10 Å². The molecule has 1 aromatic carbocycles. The molecule has 0 aromatic heterocycles. The van der Waals surface area contributed by atoms with Gasteiger partial charge in [0.05, 0.1) is 6.10 Å². The summed E-state index contributed by atoms with van der Waals surface area (Å²) < 4.78 is 0. The summed E-state index contributed by atoms with van der Waals surface area (Å²) in [5, 5.41) is 10.2. The van der Waals surface area contributed by atoms with E-state index in [0.717, 1.165) is 6.42 Å². The molecular weight excluding hydrogens is 196 g/mol. The Bertz CT molecular complexity index is 405. The van der Waals surface area contributed by atoms with Crippen molar-refractivity contribution in [3.63, 3.8) is 0 Å². The summed E-state index contributed by atoms with van der Waals surface area (Å²) >= 11 is 0. The highest BCUT2D eigenvalue weighted by molar-refractivity contribution is 5.74. The van der Waals surface area contributed by atoms with Gasteiger partial charge in [0.25, 0.3) is 0 Å². The third-order valence-corrected chi connectivity index (χ3v) is 4.01. The van der Waals surface area contributed by atoms with Crippen molar-refractivity contribution in [2.45, 2.75) is 38.2 Å². The van der Waals surface area contributed by atoms with E-state index in [1.165, 1.54) is 36.8 Å². The monoisotopic (exact) mass is 214 g/mol. The maximum Gasteiger partial charge on any atom is 0.0801 e. The minimum atomic E-state index is -0.222. The summed E-state index contributed by atoms with van der Waals surface area (Å²) in [5.41, 5.74) is 4.02. The Morgan fingerprint density at radius 3 is 2.69 bits per heavy atom. The normalized spacial score (nSPS) is 29.3. The van der Waals surface area contributed by atoms with Gasteiger partial charge in [-0.15, -0.1) is 0 Å². The second kappa shape index (κ2) is 4.06. The summed E-state index contributed by atoms with van der Waals surface area (Å²) in [6.45, 7) is 0. The zero-order chi connectivity index (χ0) is 11.0. The third kappa shape index (κ3) is 1.60. The molecule has 3 rings (SSSR count). The van der Waals surface area contributed by atoms with Crippen molar-refractivity contribution in [1.29, 1.82) is 0 Å². The minimum Gasteiger partial charge on any atom is -0.388 e. The van der Waals surface area contributed by atoms with Crippen molar-refractivity contribution in [2.75, 3.05) is 0 Å². The van der Waals surface area contributed by atoms with E-state index in [0.29, 0.717) is 5.92 Å². The molecule has 0 saturated heterocycles. The summed E-state index contributed by atoms with van der Waals surface area (Å²) in [6.07, 6.45) is 5.85. The van der Waals surface area contributed by atoms with Gasteiger partial charge in [-0.1, -0.05) is 42.3 Å². The van der Waals surface area contributed by atoms with E-state index >= 15 is 0 Å². The molecule has 0 amide bonds. The number of benzene rings is 1. The van der Waals surface area contributed by atoms with Crippen LogP contribution in [0.15, 0.2) is 35.9 Å². The zero-order valence-corrected chi connectivity index (χ0v) is 9.52. The molecule has 0 radical (unpaired) electrons. The first kappa shape index (κ1) is 10.1. The van der Waals surface area contributed by atoms with Crippen LogP contribution in [0.2, 0.25) is 0 Å². The predicted octanol–water partition coefficient (Wildman–Crippen LogP) is 3.40. The molecular formula is C15H18O. The predicted molar refractivity (Wildman–Crippen MR) is 65.9 cm³/mol. The van der Waals surface area contributed by atoms with Crippen molar-refractivity contribution in [1.82, 2.24) is 0 Å². The number of aliphatic hydroxyl groups excluding tert-OH is 1. The Balaban J connectivity index is 2.03. The fourth-order valence-corrected chi connectivity index (χ4v) is 3.30. The Hall–Kier alpha value is -1.08.